The average molecular weight is 270 g/mol. The first kappa shape index (κ1) is 15.8. The topological polar surface area (TPSA) is 74.8 Å². The third-order valence-electron chi connectivity index (χ3n) is 3.28. The van der Waals surface area contributed by atoms with Crippen LogP contribution >= 0.6 is 0 Å². The molecule has 0 radical (unpaired) electrons. The molecule has 1 aliphatic heterocycles. The summed E-state index contributed by atoms with van der Waals surface area (Å²) in [5, 5.41) is 9.06. The molecule has 0 saturated carbocycles. The molecule has 1 atom stereocenters. The maximum atomic E-state index is 11.7. The van der Waals surface area contributed by atoms with E-state index in [0.717, 1.165) is 26.0 Å². The molecule has 1 unspecified atom stereocenters. The van der Waals surface area contributed by atoms with Crippen molar-refractivity contribution in [2.45, 2.75) is 32.8 Å². The highest BCUT2D eigenvalue weighted by atomic mass is 16.5. The maximum absolute atomic E-state index is 11.7. The van der Waals surface area contributed by atoms with Crippen LogP contribution in [0, 0.1) is 5.41 Å². The molecule has 19 heavy (non-hydrogen) atoms. The first-order chi connectivity index (χ1) is 8.99. The van der Waals surface area contributed by atoms with Crippen molar-refractivity contribution in [2.24, 2.45) is 10.4 Å². The number of carbonyl (C=O) groups is 1. The number of amides is 1. The zero-order valence-electron chi connectivity index (χ0n) is 12.4. The third-order valence-corrected chi connectivity index (χ3v) is 3.28. The van der Waals surface area contributed by atoms with Gasteiger partial charge in [0.1, 0.15) is 0 Å². The van der Waals surface area contributed by atoms with Gasteiger partial charge in [0.2, 0.25) is 5.91 Å². The van der Waals surface area contributed by atoms with Crippen LogP contribution in [0.4, 0.5) is 0 Å². The fourth-order valence-corrected chi connectivity index (χ4v) is 1.96. The van der Waals surface area contributed by atoms with Crippen molar-refractivity contribution in [3.05, 3.63) is 0 Å². The van der Waals surface area contributed by atoms with Crippen LogP contribution in [-0.4, -0.2) is 51.8 Å². The van der Waals surface area contributed by atoms with Crippen molar-refractivity contribution in [1.29, 1.82) is 0 Å². The van der Waals surface area contributed by atoms with Gasteiger partial charge < -0.3 is 20.7 Å². The normalized spacial score (nSPS) is 20.2. The first-order valence-corrected chi connectivity index (χ1v) is 6.78. The van der Waals surface area contributed by atoms with Crippen LogP contribution in [0.3, 0.4) is 0 Å². The minimum Gasteiger partial charge on any atom is -0.376 e. The molecule has 0 aromatic heterocycles. The highest BCUT2D eigenvalue weighted by Crippen LogP contribution is 2.13. The lowest BCUT2D eigenvalue weighted by atomic mass is 9.92. The van der Waals surface area contributed by atoms with E-state index in [-0.39, 0.29) is 12.0 Å². The lowest BCUT2D eigenvalue weighted by Crippen LogP contribution is -2.48. The number of carbonyl (C=O) groups excluding carboxylic acids is 1. The van der Waals surface area contributed by atoms with E-state index in [1.165, 1.54) is 0 Å². The van der Waals surface area contributed by atoms with Crippen molar-refractivity contribution in [2.75, 3.05) is 33.8 Å². The predicted octanol–water partition coefficient (Wildman–Crippen LogP) is 0.103. The second-order valence-corrected chi connectivity index (χ2v) is 5.40. The summed E-state index contributed by atoms with van der Waals surface area (Å²) in [6.07, 6.45) is 2.49. The summed E-state index contributed by atoms with van der Waals surface area (Å²) in [5.74, 6) is 0.710. The summed E-state index contributed by atoms with van der Waals surface area (Å²) in [6, 6.07) is 0. The molecule has 0 aromatic carbocycles. The molecule has 6 nitrogen and oxygen atoms in total. The second-order valence-electron chi connectivity index (χ2n) is 5.40. The van der Waals surface area contributed by atoms with Gasteiger partial charge in [0, 0.05) is 33.8 Å². The smallest absolute Gasteiger partial charge is 0.227 e. The van der Waals surface area contributed by atoms with Crippen LogP contribution in [0.15, 0.2) is 4.99 Å². The molecule has 1 fully saturated rings. The van der Waals surface area contributed by atoms with Gasteiger partial charge in [0.05, 0.1) is 11.5 Å². The highest BCUT2D eigenvalue weighted by Gasteiger charge is 2.26. The molecule has 1 rings (SSSR count). The van der Waals surface area contributed by atoms with Gasteiger partial charge >= 0.3 is 0 Å². The summed E-state index contributed by atoms with van der Waals surface area (Å²) in [5.41, 5.74) is -0.476. The zero-order valence-corrected chi connectivity index (χ0v) is 12.4. The van der Waals surface area contributed by atoms with Gasteiger partial charge in [0.25, 0.3) is 0 Å². The van der Waals surface area contributed by atoms with Gasteiger partial charge in [-0.1, -0.05) is 0 Å². The van der Waals surface area contributed by atoms with Gasteiger partial charge in [-0.25, -0.2) is 0 Å². The summed E-state index contributed by atoms with van der Waals surface area (Å²) in [6.45, 7) is 5.92. The first-order valence-electron chi connectivity index (χ1n) is 6.78. The monoisotopic (exact) mass is 270 g/mol. The Hall–Kier alpha value is -1.30. The molecule has 0 bridgehead atoms. The Labute approximate surface area is 115 Å². The van der Waals surface area contributed by atoms with Crippen molar-refractivity contribution in [3.8, 4) is 0 Å². The molecule has 6 heteroatoms. The van der Waals surface area contributed by atoms with Crippen molar-refractivity contribution in [1.82, 2.24) is 16.0 Å². The molecule has 110 valence electrons. The minimum absolute atomic E-state index is 0.00887. The number of guanidine groups is 1. The molecule has 1 amide bonds. The Morgan fingerprint density at radius 1 is 1.42 bits per heavy atom. The van der Waals surface area contributed by atoms with Gasteiger partial charge in [-0.15, -0.1) is 0 Å². The van der Waals surface area contributed by atoms with E-state index in [1.807, 2.05) is 13.8 Å². The summed E-state index contributed by atoms with van der Waals surface area (Å²) < 4.78 is 5.54. The molecule has 1 heterocycles. The van der Waals surface area contributed by atoms with E-state index in [1.54, 1.807) is 14.1 Å². The molecule has 3 N–H and O–H groups in total. The van der Waals surface area contributed by atoms with Crippen LogP contribution in [0.25, 0.3) is 0 Å². The van der Waals surface area contributed by atoms with Crippen molar-refractivity contribution >= 4 is 11.9 Å². The van der Waals surface area contributed by atoms with Gasteiger partial charge in [0.15, 0.2) is 5.96 Å². The molecule has 0 aliphatic carbocycles. The molecule has 0 aromatic rings. The van der Waals surface area contributed by atoms with Gasteiger partial charge in [-0.3, -0.25) is 9.79 Å². The number of ether oxygens (including phenoxy) is 1. The second kappa shape index (κ2) is 7.33. The van der Waals surface area contributed by atoms with Gasteiger partial charge in [-0.2, -0.15) is 0 Å². The molecular formula is C13H26N4O2. The summed E-state index contributed by atoms with van der Waals surface area (Å²) >= 11 is 0. The summed E-state index contributed by atoms with van der Waals surface area (Å²) in [4.78, 5) is 15.8. The fourth-order valence-electron chi connectivity index (χ4n) is 1.96. The minimum atomic E-state index is -0.476. The van der Waals surface area contributed by atoms with E-state index in [4.69, 9.17) is 4.74 Å². The number of rotatable bonds is 5. The Balaban J connectivity index is 2.34. The SMILES string of the molecule is CN=C(NCC1CCCO1)NCC(C)(C)C(=O)NC. The van der Waals surface area contributed by atoms with Crippen molar-refractivity contribution in [3.63, 3.8) is 0 Å². The Morgan fingerprint density at radius 3 is 2.68 bits per heavy atom. The van der Waals surface area contributed by atoms with Crippen LogP contribution < -0.4 is 16.0 Å². The Bertz CT molecular complexity index is 323. The Kier molecular flexibility index (Phi) is 6.08. The van der Waals surface area contributed by atoms with E-state index >= 15 is 0 Å². The summed E-state index contributed by atoms with van der Waals surface area (Å²) in [7, 11) is 3.37. The van der Waals surface area contributed by atoms with Crippen LogP contribution in [0.2, 0.25) is 0 Å². The largest absolute Gasteiger partial charge is 0.376 e. The quantitative estimate of drug-likeness (QED) is 0.489. The molecule has 0 spiro atoms. The zero-order chi connectivity index (χ0) is 14.3. The standard InChI is InChI=1S/C13H26N4O2/c1-13(2,11(18)14-3)9-17-12(15-4)16-8-10-6-5-7-19-10/h10H,5-9H2,1-4H3,(H,14,18)(H2,15,16,17). The fraction of sp³-hybridized carbons (Fsp3) is 0.846. The number of nitrogens with one attached hydrogen (secondary N) is 3. The molecule has 1 saturated heterocycles. The average Bonchev–Trinajstić information content (AvgIpc) is 2.91. The van der Waals surface area contributed by atoms with Crippen molar-refractivity contribution < 1.29 is 9.53 Å². The van der Waals surface area contributed by atoms with E-state index < -0.39 is 5.41 Å². The highest BCUT2D eigenvalue weighted by molar-refractivity contribution is 5.84. The third kappa shape index (κ3) is 5.06. The van der Waals surface area contributed by atoms with E-state index in [9.17, 15) is 4.79 Å². The lowest BCUT2D eigenvalue weighted by molar-refractivity contribution is -0.128. The number of nitrogens with zero attached hydrogens (tertiary/aromatic N) is 1. The molecule has 1 aliphatic rings. The predicted molar refractivity (Wildman–Crippen MR) is 76.2 cm³/mol. The number of hydrogen-bond donors (Lipinski definition) is 3. The van der Waals surface area contributed by atoms with E-state index in [0.29, 0.717) is 12.5 Å². The van der Waals surface area contributed by atoms with Crippen LogP contribution in [0.5, 0.6) is 0 Å². The van der Waals surface area contributed by atoms with Crippen LogP contribution in [-0.2, 0) is 9.53 Å². The van der Waals surface area contributed by atoms with E-state index in [2.05, 4.69) is 20.9 Å². The molecular weight excluding hydrogens is 244 g/mol. The van der Waals surface area contributed by atoms with Crippen LogP contribution in [0.1, 0.15) is 26.7 Å². The van der Waals surface area contributed by atoms with Gasteiger partial charge in [-0.05, 0) is 26.7 Å². The maximum Gasteiger partial charge on any atom is 0.227 e. The Morgan fingerprint density at radius 2 is 2.16 bits per heavy atom. The number of hydrogen-bond acceptors (Lipinski definition) is 3. The lowest BCUT2D eigenvalue weighted by Gasteiger charge is -2.24. The number of aliphatic imine (C=N–C) groups is 1.